The van der Waals surface area contributed by atoms with Crippen LogP contribution in [-0.2, 0) is 19.1 Å². The van der Waals surface area contributed by atoms with E-state index in [9.17, 15) is 9.59 Å². The summed E-state index contributed by atoms with van der Waals surface area (Å²) in [5.41, 5.74) is 1.49. The molecule has 1 heterocycles. The Morgan fingerprint density at radius 3 is 2.76 bits per heavy atom. The average molecular weight is 386 g/mol. The van der Waals surface area contributed by atoms with Crippen LogP contribution in [0.15, 0.2) is 29.5 Å². The zero-order chi connectivity index (χ0) is 18.4. The highest BCUT2D eigenvalue weighted by atomic mass is 35.5. The number of benzene rings is 1. The van der Waals surface area contributed by atoms with E-state index in [0.717, 1.165) is 6.42 Å². The number of carbonyl (C=O) groups is 2. The monoisotopic (exact) mass is 385 g/mol. The summed E-state index contributed by atoms with van der Waals surface area (Å²) in [4.78, 5) is 24.5. The molecule has 0 spiro atoms. The Balaban J connectivity index is 2.22. The van der Waals surface area contributed by atoms with Gasteiger partial charge in [0.15, 0.2) is 0 Å². The number of amides is 1. The minimum Gasteiger partial charge on any atom is -0.460 e. The zero-order valence-electron chi connectivity index (χ0n) is 14.2. The van der Waals surface area contributed by atoms with Gasteiger partial charge in [0.25, 0.3) is 0 Å². The lowest BCUT2D eigenvalue weighted by molar-refractivity contribution is -0.141. The SMILES string of the molecule is CCCOCCOC(=O)C1=C(C)NC(=O)C[C@H]1c1cccc(Cl)c1Cl. The predicted octanol–water partition coefficient (Wildman–Crippen LogP) is 3.84. The number of halogens is 2. The van der Waals surface area contributed by atoms with Gasteiger partial charge in [-0.05, 0) is 25.0 Å². The minimum atomic E-state index is -0.496. The summed E-state index contributed by atoms with van der Waals surface area (Å²) in [6, 6.07) is 5.17. The Kier molecular flexibility index (Phi) is 7.29. The largest absolute Gasteiger partial charge is 0.460 e. The lowest BCUT2D eigenvalue weighted by atomic mass is 9.84. The van der Waals surface area contributed by atoms with E-state index in [1.54, 1.807) is 25.1 Å². The van der Waals surface area contributed by atoms with Gasteiger partial charge in [-0.25, -0.2) is 4.79 Å². The van der Waals surface area contributed by atoms with E-state index in [0.29, 0.717) is 40.1 Å². The molecular weight excluding hydrogens is 365 g/mol. The summed E-state index contributed by atoms with van der Waals surface area (Å²) in [7, 11) is 0. The molecule has 2 rings (SSSR count). The van der Waals surface area contributed by atoms with Gasteiger partial charge in [-0.15, -0.1) is 0 Å². The Hall–Kier alpha value is -1.56. The molecule has 25 heavy (non-hydrogen) atoms. The molecule has 0 unspecified atom stereocenters. The van der Waals surface area contributed by atoms with Crippen molar-refractivity contribution in [3.63, 3.8) is 0 Å². The molecule has 1 aliphatic rings. The maximum atomic E-state index is 12.6. The van der Waals surface area contributed by atoms with Crippen molar-refractivity contribution in [1.29, 1.82) is 0 Å². The van der Waals surface area contributed by atoms with Crippen molar-refractivity contribution in [1.82, 2.24) is 5.32 Å². The van der Waals surface area contributed by atoms with E-state index >= 15 is 0 Å². The molecule has 0 fully saturated rings. The summed E-state index contributed by atoms with van der Waals surface area (Å²) >= 11 is 12.4. The highest BCUT2D eigenvalue weighted by Gasteiger charge is 2.34. The Bertz CT molecular complexity index is 688. The lowest BCUT2D eigenvalue weighted by Crippen LogP contribution is -2.34. The number of nitrogens with one attached hydrogen (secondary N) is 1. The second kappa shape index (κ2) is 9.22. The average Bonchev–Trinajstić information content (AvgIpc) is 2.56. The van der Waals surface area contributed by atoms with Crippen molar-refractivity contribution in [2.75, 3.05) is 19.8 Å². The summed E-state index contributed by atoms with van der Waals surface area (Å²) < 4.78 is 10.6. The van der Waals surface area contributed by atoms with Crippen molar-refractivity contribution >= 4 is 35.1 Å². The summed E-state index contributed by atoms with van der Waals surface area (Å²) in [6.07, 6.45) is 1.01. The normalized spacial score (nSPS) is 17.4. The quantitative estimate of drug-likeness (QED) is 0.571. The number of carbonyl (C=O) groups excluding carboxylic acids is 2. The van der Waals surface area contributed by atoms with Crippen molar-refractivity contribution in [3.05, 3.63) is 45.1 Å². The second-order valence-corrected chi connectivity index (χ2v) is 6.52. The van der Waals surface area contributed by atoms with Gasteiger partial charge in [0.1, 0.15) is 6.61 Å². The summed E-state index contributed by atoms with van der Waals surface area (Å²) in [5, 5.41) is 3.41. The van der Waals surface area contributed by atoms with E-state index < -0.39 is 11.9 Å². The topological polar surface area (TPSA) is 64.6 Å². The number of hydrogen-bond donors (Lipinski definition) is 1. The summed E-state index contributed by atoms with van der Waals surface area (Å²) in [6.45, 7) is 4.79. The number of ether oxygens (including phenoxy) is 2. The van der Waals surface area contributed by atoms with Crippen LogP contribution >= 0.6 is 23.2 Å². The first-order valence-electron chi connectivity index (χ1n) is 8.15. The minimum absolute atomic E-state index is 0.105. The lowest BCUT2D eigenvalue weighted by Gasteiger charge is -2.27. The van der Waals surface area contributed by atoms with Gasteiger partial charge in [0.2, 0.25) is 5.91 Å². The smallest absolute Gasteiger partial charge is 0.336 e. The van der Waals surface area contributed by atoms with E-state index in [1.807, 2.05) is 6.92 Å². The first kappa shape index (κ1) is 19.8. The molecule has 0 saturated carbocycles. The van der Waals surface area contributed by atoms with Crippen molar-refractivity contribution in [3.8, 4) is 0 Å². The van der Waals surface area contributed by atoms with Gasteiger partial charge in [-0.2, -0.15) is 0 Å². The fourth-order valence-electron chi connectivity index (χ4n) is 2.74. The molecule has 1 N–H and O–H groups in total. The molecule has 136 valence electrons. The van der Waals surface area contributed by atoms with Crippen LogP contribution in [0, 0.1) is 0 Å². The maximum absolute atomic E-state index is 12.6. The third kappa shape index (κ3) is 4.97. The van der Waals surface area contributed by atoms with Crippen molar-refractivity contribution in [2.45, 2.75) is 32.6 Å². The fraction of sp³-hybridized carbons (Fsp3) is 0.444. The Morgan fingerprint density at radius 2 is 2.04 bits per heavy atom. The van der Waals surface area contributed by atoms with Crippen LogP contribution < -0.4 is 5.32 Å². The first-order chi connectivity index (χ1) is 12.0. The van der Waals surface area contributed by atoms with E-state index in [1.165, 1.54) is 0 Å². The van der Waals surface area contributed by atoms with Crippen molar-refractivity contribution < 1.29 is 19.1 Å². The van der Waals surface area contributed by atoms with Gasteiger partial charge in [0.05, 0.1) is 22.2 Å². The summed E-state index contributed by atoms with van der Waals surface area (Å²) in [5.74, 6) is -1.16. The first-order valence-corrected chi connectivity index (χ1v) is 8.90. The molecule has 1 aromatic rings. The van der Waals surface area contributed by atoms with Crippen molar-refractivity contribution in [2.24, 2.45) is 0 Å². The Labute approximate surface area is 157 Å². The molecular formula is C18H21Cl2NO4. The Morgan fingerprint density at radius 1 is 1.28 bits per heavy atom. The van der Waals surface area contributed by atoms with Crippen LogP contribution in [0.1, 0.15) is 38.2 Å². The molecule has 1 aromatic carbocycles. The third-order valence-electron chi connectivity index (χ3n) is 3.85. The molecule has 5 nitrogen and oxygen atoms in total. The molecule has 0 saturated heterocycles. The van der Waals surface area contributed by atoms with Crippen LogP contribution in [0.25, 0.3) is 0 Å². The number of allylic oxidation sites excluding steroid dienone is 1. The van der Waals surface area contributed by atoms with Crippen LogP contribution in [0.2, 0.25) is 10.0 Å². The second-order valence-electron chi connectivity index (χ2n) is 5.73. The van der Waals surface area contributed by atoms with Crippen LogP contribution in [0.3, 0.4) is 0 Å². The van der Waals surface area contributed by atoms with Gasteiger partial charge in [-0.1, -0.05) is 42.3 Å². The van der Waals surface area contributed by atoms with E-state index in [4.69, 9.17) is 32.7 Å². The highest BCUT2D eigenvalue weighted by Crippen LogP contribution is 2.39. The number of hydrogen-bond acceptors (Lipinski definition) is 4. The molecule has 1 aliphatic heterocycles. The fourth-order valence-corrected chi connectivity index (χ4v) is 3.18. The molecule has 0 radical (unpaired) electrons. The van der Waals surface area contributed by atoms with Crippen LogP contribution in [0.5, 0.6) is 0 Å². The number of esters is 1. The zero-order valence-corrected chi connectivity index (χ0v) is 15.7. The van der Waals surface area contributed by atoms with Gasteiger partial charge in [0, 0.05) is 24.6 Å². The molecule has 0 aliphatic carbocycles. The standard InChI is InChI=1S/C18H21Cl2NO4/c1-3-7-24-8-9-25-18(23)16-11(2)21-15(22)10-13(16)12-5-4-6-14(19)17(12)20/h4-6,13H,3,7-10H2,1-2H3,(H,21,22)/t13-/m0/s1. The molecule has 0 aromatic heterocycles. The van der Waals surface area contributed by atoms with Gasteiger partial charge in [-0.3, -0.25) is 4.79 Å². The molecule has 1 atom stereocenters. The predicted molar refractivity (Wildman–Crippen MR) is 96.7 cm³/mol. The molecule has 1 amide bonds. The van der Waals surface area contributed by atoms with E-state index in [2.05, 4.69) is 5.32 Å². The van der Waals surface area contributed by atoms with Gasteiger partial charge >= 0.3 is 5.97 Å². The molecule has 7 heteroatoms. The molecule has 0 bridgehead atoms. The van der Waals surface area contributed by atoms with Crippen LogP contribution in [-0.4, -0.2) is 31.7 Å². The van der Waals surface area contributed by atoms with Gasteiger partial charge < -0.3 is 14.8 Å². The number of rotatable bonds is 7. The van der Waals surface area contributed by atoms with E-state index in [-0.39, 0.29) is 18.9 Å². The highest BCUT2D eigenvalue weighted by molar-refractivity contribution is 6.42. The maximum Gasteiger partial charge on any atom is 0.336 e. The third-order valence-corrected chi connectivity index (χ3v) is 4.69. The van der Waals surface area contributed by atoms with Crippen LogP contribution in [0.4, 0.5) is 0 Å².